The highest BCUT2D eigenvalue weighted by Crippen LogP contribution is 2.39. The summed E-state index contributed by atoms with van der Waals surface area (Å²) in [6.45, 7) is 3.86. The fourth-order valence-corrected chi connectivity index (χ4v) is 3.39. The summed E-state index contributed by atoms with van der Waals surface area (Å²) in [4.78, 5) is 14.2. The van der Waals surface area contributed by atoms with Crippen LogP contribution in [0.15, 0.2) is 0 Å². The maximum atomic E-state index is 12.4. The van der Waals surface area contributed by atoms with E-state index in [9.17, 15) is 4.79 Å². The lowest BCUT2D eigenvalue weighted by Crippen LogP contribution is -2.46. The summed E-state index contributed by atoms with van der Waals surface area (Å²) < 4.78 is 4.78. The molecule has 0 aromatic rings. The first-order valence-electron chi connectivity index (χ1n) is 5.62. The molecule has 1 amide bonds. The second kappa shape index (κ2) is 6.72. The minimum atomic E-state index is -0.236. The van der Waals surface area contributed by atoms with E-state index in [1.807, 2.05) is 11.8 Å². The van der Waals surface area contributed by atoms with Gasteiger partial charge in [-0.1, -0.05) is 0 Å². The van der Waals surface area contributed by atoms with E-state index in [0.717, 1.165) is 18.6 Å². The van der Waals surface area contributed by atoms with Gasteiger partial charge >= 0.3 is 0 Å². The second-order valence-corrected chi connectivity index (χ2v) is 6.13. The number of hydrogen-bond donors (Lipinski definition) is 0. The lowest BCUT2D eigenvalue weighted by atomic mass is 10.0. The lowest BCUT2D eigenvalue weighted by Gasteiger charge is -2.30. The summed E-state index contributed by atoms with van der Waals surface area (Å²) in [6.07, 6.45) is 2.11. The van der Waals surface area contributed by atoms with Crippen molar-refractivity contribution in [3.63, 3.8) is 0 Å². The number of nitrogens with zero attached hydrogens (tertiary/aromatic N) is 1. The van der Waals surface area contributed by atoms with Crippen LogP contribution in [0.5, 0.6) is 0 Å². The molecular formula is C11H20ClNO2S. The monoisotopic (exact) mass is 265 g/mol. The maximum absolute atomic E-state index is 12.4. The van der Waals surface area contributed by atoms with Crippen LogP contribution in [-0.4, -0.2) is 54.0 Å². The Labute approximate surface area is 107 Å². The first-order valence-corrected chi connectivity index (χ1v) is 7.14. The van der Waals surface area contributed by atoms with Crippen LogP contribution in [0.2, 0.25) is 0 Å². The largest absolute Gasteiger partial charge is 0.383 e. The minimum Gasteiger partial charge on any atom is -0.383 e. The Bertz CT molecular complexity index is 232. The highest BCUT2D eigenvalue weighted by molar-refractivity contribution is 8.01. The standard InChI is InChI=1S/C11H20ClNO2S/c1-11(4-3-9-16-11)10(14)13(6-5-12)7-8-15-2/h3-9H2,1-2H3. The number of ether oxygens (including phenoxy) is 1. The van der Waals surface area contributed by atoms with Crippen LogP contribution in [0.1, 0.15) is 19.8 Å². The van der Waals surface area contributed by atoms with Gasteiger partial charge in [0.2, 0.25) is 5.91 Å². The van der Waals surface area contributed by atoms with E-state index in [1.165, 1.54) is 0 Å². The molecule has 16 heavy (non-hydrogen) atoms. The van der Waals surface area contributed by atoms with Gasteiger partial charge < -0.3 is 9.64 Å². The molecule has 1 fully saturated rings. The molecule has 0 N–H and O–H groups in total. The van der Waals surface area contributed by atoms with E-state index < -0.39 is 0 Å². The van der Waals surface area contributed by atoms with Crippen LogP contribution < -0.4 is 0 Å². The van der Waals surface area contributed by atoms with Gasteiger partial charge in [-0.05, 0) is 25.5 Å². The number of methoxy groups -OCH3 is 1. The van der Waals surface area contributed by atoms with E-state index in [-0.39, 0.29) is 10.7 Å². The van der Waals surface area contributed by atoms with Gasteiger partial charge in [0, 0.05) is 26.1 Å². The molecule has 3 nitrogen and oxygen atoms in total. The summed E-state index contributed by atoms with van der Waals surface area (Å²) in [5.74, 6) is 1.78. The SMILES string of the molecule is COCCN(CCCl)C(=O)C1(C)CCCS1. The number of carbonyl (C=O) groups is 1. The van der Waals surface area contributed by atoms with Crippen molar-refractivity contribution in [3.8, 4) is 0 Å². The van der Waals surface area contributed by atoms with Crippen molar-refractivity contribution in [2.24, 2.45) is 0 Å². The van der Waals surface area contributed by atoms with Crippen LogP contribution in [0.25, 0.3) is 0 Å². The topological polar surface area (TPSA) is 29.5 Å². The Balaban J connectivity index is 2.58. The number of carbonyl (C=O) groups excluding carboxylic acids is 1. The zero-order chi connectivity index (χ0) is 12.0. The molecular weight excluding hydrogens is 246 g/mol. The molecule has 0 aromatic carbocycles. The predicted molar refractivity (Wildman–Crippen MR) is 69.3 cm³/mol. The van der Waals surface area contributed by atoms with E-state index >= 15 is 0 Å². The molecule has 0 saturated carbocycles. The molecule has 0 spiro atoms. The molecule has 1 atom stereocenters. The number of alkyl halides is 1. The summed E-state index contributed by atoms with van der Waals surface area (Å²) in [5.41, 5.74) is 0. The summed E-state index contributed by atoms with van der Waals surface area (Å²) in [5, 5.41) is 0. The Morgan fingerprint density at radius 3 is 2.81 bits per heavy atom. The molecule has 1 aliphatic rings. The molecule has 1 unspecified atom stereocenters. The van der Waals surface area contributed by atoms with Crippen molar-refractivity contribution in [2.75, 3.05) is 38.4 Å². The number of rotatable bonds is 6. The molecule has 1 aliphatic heterocycles. The van der Waals surface area contributed by atoms with Gasteiger partial charge in [0.15, 0.2) is 0 Å². The normalized spacial score (nSPS) is 24.7. The Kier molecular flexibility index (Phi) is 5.94. The van der Waals surface area contributed by atoms with Crippen molar-refractivity contribution in [3.05, 3.63) is 0 Å². The average molecular weight is 266 g/mol. The van der Waals surface area contributed by atoms with Crippen molar-refractivity contribution in [2.45, 2.75) is 24.5 Å². The summed E-state index contributed by atoms with van der Waals surface area (Å²) in [7, 11) is 1.65. The first kappa shape index (κ1) is 14.1. The van der Waals surface area contributed by atoms with Crippen molar-refractivity contribution < 1.29 is 9.53 Å². The quantitative estimate of drug-likeness (QED) is 0.688. The zero-order valence-electron chi connectivity index (χ0n) is 10.00. The van der Waals surface area contributed by atoms with E-state index in [2.05, 4.69) is 0 Å². The summed E-state index contributed by atoms with van der Waals surface area (Å²) >= 11 is 7.50. The molecule has 0 aromatic heterocycles. The second-order valence-electron chi connectivity index (χ2n) is 4.16. The first-order chi connectivity index (χ1) is 7.64. The van der Waals surface area contributed by atoms with Gasteiger partial charge in [-0.3, -0.25) is 4.79 Å². The van der Waals surface area contributed by atoms with Crippen LogP contribution in [0, 0.1) is 0 Å². The molecule has 0 bridgehead atoms. The Morgan fingerprint density at radius 2 is 2.31 bits per heavy atom. The maximum Gasteiger partial charge on any atom is 0.238 e. The number of hydrogen-bond acceptors (Lipinski definition) is 3. The van der Waals surface area contributed by atoms with E-state index in [0.29, 0.717) is 25.6 Å². The summed E-state index contributed by atoms with van der Waals surface area (Å²) in [6, 6.07) is 0. The molecule has 0 aliphatic carbocycles. The third-order valence-corrected chi connectivity index (χ3v) is 4.56. The fourth-order valence-electron chi connectivity index (χ4n) is 1.90. The van der Waals surface area contributed by atoms with Gasteiger partial charge in [-0.2, -0.15) is 0 Å². The van der Waals surface area contributed by atoms with Crippen LogP contribution >= 0.6 is 23.4 Å². The highest BCUT2D eigenvalue weighted by atomic mass is 35.5. The van der Waals surface area contributed by atoms with Gasteiger partial charge in [0.1, 0.15) is 0 Å². The fraction of sp³-hybridized carbons (Fsp3) is 0.909. The number of amides is 1. The van der Waals surface area contributed by atoms with Crippen molar-refractivity contribution in [1.29, 1.82) is 0 Å². The van der Waals surface area contributed by atoms with Crippen LogP contribution in [0.3, 0.4) is 0 Å². The molecule has 1 saturated heterocycles. The molecule has 1 rings (SSSR count). The third-order valence-electron chi connectivity index (χ3n) is 2.88. The Morgan fingerprint density at radius 1 is 1.56 bits per heavy atom. The molecule has 1 heterocycles. The number of thioether (sulfide) groups is 1. The average Bonchev–Trinajstić information content (AvgIpc) is 2.72. The molecule has 94 valence electrons. The third kappa shape index (κ3) is 3.54. The zero-order valence-corrected chi connectivity index (χ0v) is 11.6. The van der Waals surface area contributed by atoms with Gasteiger partial charge in [0.05, 0.1) is 11.4 Å². The Hall–Kier alpha value is 0.0700. The van der Waals surface area contributed by atoms with E-state index in [4.69, 9.17) is 16.3 Å². The highest BCUT2D eigenvalue weighted by Gasteiger charge is 2.39. The number of halogens is 1. The van der Waals surface area contributed by atoms with Gasteiger partial charge in [0.25, 0.3) is 0 Å². The van der Waals surface area contributed by atoms with Gasteiger partial charge in [-0.25, -0.2) is 0 Å². The van der Waals surface area contributed by atoms with E-state index in [1.54, 1.807) is 18.9 Å². The van der Waals surface area contributed by atoms with Gasteiger partial charge in [-0.15, -0.1) is 23.4 Å². The predicted octanol–water partition coefficient (Wildman–Crippen LogP) is 1.99. The molecule has 5 heteroatoms. The van der Waals surface area contributed by atoms with Crippen molar-refractivity contribution >= 4 is 29.3 Å². The van der Waals surface area contributed by atoms with Crippen LogP contribution in [-0.2, 0) is 9.53 Å². The molecule has 0 radical (unpaired) electrons. The van der Waals surface area contributed by atoms with Crippen molar-refractivity contribution in [1.82, 2.24) is 4.90 Å². The van der Waals surface area contributed by atoms with Crippen LogP contribution in [0.4, 0.5) is 0 Å². The lowest BCUT2D eigenvalue weighted by molar-refractivity contribution is -0.133. The minimum absolute atomic E-state index is 0.215. The smallest absolute Gasteiger partial charge is 0.238 e.